The fourth-order valence-electron chi connectivity index (χ4n) is 2.66. The molecule has 1 aromatic carbocycles. The maximum absolute atomic E-state index is 12.4. The summed E-state index contributed by atoms with van der Waals surface area (Å²) in [7, 11) is 0. The van der Waals surface area contributed by atoms with Gasteiger partial charge in [-0.3, -0.25) is 4.79 Å². The number of hydrogen-bond donors (Lipinski definition) is 1. The van der Waals surface area contributed by atoms with Gasteiger partial charge in [-0.15, -0.1) is 0 Å². The molecule has 1 heterocycles. The molecule has 0 saturated heterocycles. The second-order valence-electron chi connectivity index (χ2n) is 5.79. The van der Waals surface area contributed by atoms with Crippen LogP contribution in [0.4, 0.5) is 0 Å². The Morgan fingerprint density at radius 1 is 1.43 bits per heavy atom. The van der Waals surface area contributed by atoms with E-state index in [0.29, 0.717) is 23.3 Å². The van der Waals surface area contributed by atoms with E-state index in [1.807, 2.05) is 6.92 Å². The first-order valence-electron chi connectivity index (χ1n) is 7.83. The summed E-state index contributed by atoms with van der Waals surface area (Å²) < 4.78 is 10.9. The summed E-state index contributed by atoms with van der Waals surface area (Å²) >= 11 is 0. The summed E-state index contributed by atoms with van der Waals surface area (Å²) in [5.41, 5.74) is 0.176. The number of phenols is 1. The van der Waals surface area contributed by atoms with E-state index in [0.717, 1.165) is 6.42 Å². The van der Waals surface area contributed by atoms with Gasteiger partial charge < -0.3 is 14.6 Å². The van der Waals surface area contributed by atoms with E-state index in [-0.39, 0.29) is 24.6 Å². The van der Waals surface area contributed by atoms with Crippen LogP contribution in [-0.2, 0) is 16.0 Å². The predicted octanol–water partition coefficient (Wildman–Crippen LogP) is 3.19. The van der Waals surface area contributed by atoms with Crippen molar-refractivity contribution in [1.29, 1.82) is 0 Å². The van der Waals surface area contributed by atoms with E-state index in [1.165, 1.54) is 12.1 Å². The summed E-state index contributed by atoms with van der Waals surface area (Å²) in [6.45, 7) is 5.74. The van der Waals surface area contributed by atoms with Crippen LogP contribution < -0.4 is 4.74 Å². The molecule has 0 amide bonds. The zero-order chi connectivity index (χ0) is 17.0. The number of carbonyl (C=O) groups excluding carboxylic acids is 2. The highest BCUT2D eigenvalue weighted by Crippen LogP contribution is 2.40. The van der Waals surface area contributed by atoms with E-state index in [9.17, 15) is 14.7 Å². The summed E-state index contributed by atoms with van der Waals surface area (Å²) in [4.78, 5) is 23.9. The standard InChI is InChI=1S/C18H22O5/c1-4-6-12-14(19)8-7-13-15(20)11-18(3,23-17(12)13)10-9-16(21)22-5-2/h7-10,19H,4-6,11H2,1-3H3/b10-9-/t18-/m1/s1. The summed E-state index contributed by atoms with van der Waals surface area (Å²) in [6, 6.07) is 3.11. The first-order chi connectivity index (χ1) is 10.9. The van der Waals surface area contributed by atoms with Crippen LogP contribution in [0.15, 0.2) is 24.3 Å². The molecule has 0 saturated carbocycles. The Kier molecular flexibility index (Phi) is 5.08. The van der Waals surface area contributed by atoms with Crippen LogP contribution in [0.1, 0.15) is 49.5 Å². The van der Waals surface area contributed by atoms with Crippen molar-refractivity contribution in [3.8, 4) is 11.5 Å². The van der Waals surface area contributed by atoms with E-state index in [1.54, 1.807) is 26.0 Å². The van der Waals surface area contributed by atoms with E-state index >= 15 is 0 Å². The highest BCUT2D eigenvalue weighted by Gasteiger charge is 2.36. The Balaban J connectivity index is 2.36. The monoisotopic (exact) mass is 318 g/mol. The van der Waals surface area contributed by atoms with Crippen molar-refractivity contribution in [1.82, 2.24) is 0 Å². The topological polar surface area (TPSA) is 72.8 Å². The Bertz CT molecular complexity index is 647. The molecular formula is C18H22O5. The van der Waals surface area contributed by atoms with Gasteiger partial charge in [-0.25, -0.2) is 4.79 Å². The van der Waals surface area contributed by atoms with E-state index < -0.39 is 11.6 Å². The van der Waals surface area contributed by atoms with Gasteiger partial charge in [-0.1, -0.05) is 13.3 Å². The van der Waals surface area contributed by atoms with Gasteiger partial charge in [-0.05, 0) is 38.5 Å². The lowest BCUT2D eigenvalue weighted by atomic mass is 9.89. The maximum Gasteiger partial charge on any atom is 0.330 e. The van der Waals surface area contributed by atoms with Crippen LogP contribution in [0.3, 0.4) is 0 Å². The van der Waals surface area contributed by atoms with Crippen molar-refractivity contribution in [3.63, 3.8) is 0 Å². The van der Waals surface area contributed by atoms with Crippen molar-refractivity contribution in [2.24, 2.45) is 0 Å². The molecule has 1 aliphatic heterocycles. The molecule has 2 rings (SSSR count). The number of esters is 1. The largest absolute Gasteiger partial charge is 0.508 e. The molecule has 0 radical (unpaired) electrons. The molecule has 0 bridgehead atoms. The zero-order valence-electron chi connectivity index (χ0n) is 13.7. The molecule has 5 heteroatoms. The fourth-order valence-corrected chi connectivity index (χ4v) is 2.66. The maximum atomic E-state index is 12.4. The molecule has 0 aromatic heterocycles. The van der Waals surface area contributed by atoms with E-state index in [4.69, 9.17) is 9.47 Å². The zero-order valence-corrected chi connectivity index (χ0v) is 13.7. The molecule has 5 nitrogen and oxygen atoms in total. The average molecular weight is 318 g/mol. The molecule has 0 fully saturated rings. The van der Waals surface area contributed by atoms with Crippen LogP contribution in [0.2, 0.25) is 0 Å². The second kappa shape index (κ2) is 6.86. The summed E-state index contributed by atoms with van der Waals surface area (Å²) in [6.07, 6.45) is 4.39. The number of fused-ring (bicyclic) bond motifs is 1. The van der Waals surface area contributed by atoms with Crippen LogP contribution in [0, 0.1) is 0 Å². The molecule has 1 atom stereocenters. The number of benzene rings is 1. The van der Waals surface area contributed by atoms with Crippen molar-refractivity contribution >= 4 is 11.8 Å². The van der Waals surface area contributed by atoms with Crippen LogP contribution in [0.25, 0.3) is 0 Å². The number of Topliss-reactive ketones (excluding diaryl/α,β-unsaturated/α-hetero) is 1. The smallest absolute Gasteiger partial charge is 0.330 e. The Morgan fingerprint density at radius 3 is 2.83 bits per heavy atom. The Hall–Kier alpha value is -2.30. The molecule has 0 spiro atoms. The minimum absolute atomic E-state index is 0.0698. The van der Waals surface area contributed by atoms with Crippen molar-refractivity contribution in [2.75, 3.05) is 6.61 Å². The van der Waals surface area contributed by atoms with Crippen molar-refractivity contribution < 1.29 is 24.2 Å². The molecule has 1 aromatic rings. The van der Waals surface area contributed by atoms with E-state index in [2.05, 4.69) is 0 Å². The highest BCUT2D eigenvalue weighted by molar-refractivity contribution is 6.01. The second-order valence-corrected chi connectivity index (χ2v) is 5.79. The van der Waals surface area contributed by atoms with Gasteiger partial charge in [0, 0.05) is 11.6 Å². The van der Waals surface area contributed by atoms with Gasteiger partial charge in [0.1, 0.15) is 17.1 Å². The lowest BCUT2D eigenvalue weighted by Crippen LogP contribution is -2.38. The molecule has 124 valence electrons. The first kappa shape index (κ1) is 17.1. The molecule has 0 unspecified atom stereocenters. The van der Waals surface area contributed by atoms with Gasteiger partial charge >= 0.3 is 5.97 Å². The lowest BCUT2D eigenvalue weighted by molar-refractivity contribution is -0.137. The third-order valence-corrected chi connectivity index (χ3v) is 3.74. The third kappa shape index (κ3) is 3.73. The molecule has 1 aliphatic rings. The van der Waals surface area contributed by atoms with Crippen molar-refractivity contribution in [2.45, 2.75) is 45.6 Å². The average Bonchev–Trinajstić information content (AvgIpc) is 2.49. The van der Waals surface area contributed by atoms with Crippen LogP contribution in [0.5, 0.6) is 11.5 Å². The number of carbonyl (C=O) groups is 2. The molecular weight excluding hydrogens is 296 g/mol. The number of aromatic hydroxyl groups is 1. The number of rotatable bonds is 5. The van der Waals surface area contributed by atoms with Gasteiger partial charge in [0.15, 0.2) is 5.78 Å². The van der Waals surface area contributed by atoms with Crippen molar-refractivity contribution in [3.05, 3.63) is 35.4 Å². The highest BCUT2D eigenvalue weighted by atomic mass is 16.5. The first-order valence-corrected chi connectivity index (χ1v) is 7.83. The molecule has 0 aliphatic carbocycles. The van der Waals surface area contributed by atoms with Gasteiger partial charge in [-0.2, -0.15) is 0 Å². The van der Waals surface area contributed by atoms with Crippen LogP contribution >= 0.6 is 0 Å². The third-order valence-electron chi connectivity index (χ3n) is 3.74. The summed E-state index contributed by atoms with van der Waals surface area (Å²) in [5, 5.41) is 10.1. The van der Waals surface area contributed by atoms with Crippen LogP contribution in [-0.4, -0.2) is 29.1 Å². The minimum Gasteiger partial charge on any atom is -0.508 e. The fraction of sp³-hybridized carbons (Fsp3) is 0.444. The molecule has 1 N–H and O–H groups in total. The number of ketones is 1. The number of hydrogen-bond acceptors (Lipinski definition) is 5. The normalized spacial score (nSPS) is 20.2. The Labute approximate surface area is 135 Å². The quantitative estimate of drug-likeness (QED) is 0.667. The lowest BCUT2D eigenvalue weighted by Gasteiger charge is -2.34. The van der Waals surface area contributed by atoms with Gasteiger partial charge in [0.05, 0.1) is 18.6 Å². The minimum atomic E-state index is -0.937. The predicted molar refractivity (Wildman–Crippen MR) is 85.9 cm³/mol. The molecule has 23 heavy (non-hydrogen) atoms. The Morgan fingerprint density at radius 2 is 2.17 bits per heavy atom. The van der Waals surface area contributed by atoms with Gasteiger partial charge in [0.2, 0.25) is 0 Å². The van der Waals surface area contributed by atoms with Gasteiger partial charge in [0.25, 0.3) is 0 Å². The number of ether oxygens (including phenoxy) is 2. The summed E-state index contributed by atoms with van der Waals surface area (Å²) in [5.74, 6) is -0.00370. The number of phenolic OH excluding ortho intramolecular Hbond substituents is 1. The SMILES string of the molecule is CCCc1c(O)ccc2c1O[C@](C)(/C=C\C(=O)OCC)CC2=O.